The lowest BCUT2D eigenvalue weighted by Crippen LogP contribution is -1.97. The van der Waals surface area contributed by atoms with Crippen LogP contribution in [0.5, 0.6) is 0 Å². The average Bonchev–Trinajstić information content (AvgIpc) is 3.85. The van der Waals surface area contributed by atoms with Crippen molar-refractivity contribution in [2.24, 2.45) is 0 Å². The molecule has 7 aromatic carbocycles. The fourth-order valence-electron chi connectivity index (χ4n) is 8.43. The number of hydrogen-bond donors (Lipinski definition) is 0. The van der Waals surface area contributed by atoms with Crippen LogP contribution < -0.4 is 0 Å². The summed E-state index contributed by atoms with van der Waals surface area (Å²) in [5.74, 6) is 0. The molecule has 3 nitrogen and oxygen atoms in total. The molecule has 0 spiro atoms. The zero-order chi connectivity index (χ0) is 33.5. The molecule has 10 aromatic rings. The Morgan fingerprint density at radius 1 is 0.412 bits per heavy atom. The van der Waals surface area contributed by atoms with Crippen molar-refractivity contribution < 1.29 is 4.42 Å². The van der Waals surface area contributed by atoms with Gasteiger partial charge in [0.25, 0.3) is 0 Å². The first-order valence-electron chi connectivity index (χ1n) is 17.8. The van der Waals surface area contributed by atoms with Gasteiger partial charge in [0.1, 0.15) is 11.2 Å². The van der Waals surface area contributed by atoms with Gasteiger partial charge in [-0.2, -0.15) is 0 Å². The molecule has 0 N–H and O–H groups in total. The van der Waals surface area contributed by atoms with E-state index in [4.69, 9.17) is 4.42 Å². The van der Waals surface area contributed by atoms with Crippen LogP contribution in [0.4, 0.5) is 0 Å². The minimum Gasteiger partial charge on any atom is -0.456 e. The summed E-state index contributed by atoms with van der Waals surface area (Å²) in [6.07, 6.45) is 9.09. The lowest BCUT2D eigenvalue weighted by Gasteiger charge is -2.15. The van der Waals surface area contributed by atoms with Crippen molar-refractivity contribution >= 4 is 71.2 Å². The van der Waals surface area contributed by atoms with Crippen molar-refractivity contribution in [3.63, 3.8) is 0 Å². The first-order chi connectivity index (χ1) is 25.3. The highest BCUT2D eigenvalue weighted by molar-refractivity contribution is 6.15. The second-order valence-electron chi connectivity index (χ2n) is 13.6. The van der Waals surface area contributed by atoms with Crippen molar-refractivity contribution in [2.75, 3.05) is 0 Å². The Bertz CT molecular complexity index is 3070. The molecule has 0 saturated heterocycles. The number of fused-ring (bicyclic) bond motifs is 9. The fourth-order valence-corrected chi connectivity index (χ4v) is 8.43. The van der Waals surface area contributed by atoms with E-state index in [1.54, 1.807) is 0 Å². The summed E-state index contributed by atoms with van der Waals surface area (Å²) < 4.78 is 11.1. The normalized spacial score (nSPS) is 13.4. The largest absolute Gasteiger partial charge is 0.456 e. The maximum Gasteiger partial charge on any atom is 0.135 e. The van der Waals surface area contributed by atoms with Crippen molar-refractivity contribution in [2.45, 2.75) is 12.8 Å². The molecule has 3 aromatic heterocycles. The molecule has 0 bridgehead atoms. The third-order valence-electron chi connectivity index (χ3n) is 10.7. The van der Waals surface area contributed by atoms with Crippen LogP contribution in [-0.2, 0) is 0 Å². The second kappa shape index (κ2) is 11.0. The highest BCUT2D eigenvalue weighted by atomic mass is 16.3. The average molecular weight is 653 g/mol. The number of furan rings is 1. The summed E-state index contributed by atoms with van der Waals surface area (Å²) in [6.45, 7) is 0. The molecule has 240 valence electrons. The van der Waals surface area contributed by atoms with Gasteiger partial charge in [-0.05, 0) is 102 Å². The summed E-state index contributed by atoms with van der Waals surface area (Å²) in [6, 6.07) is 55.2. The Labute approximate surface area is 294 Å². The third kappa shape index (κ3) is 4.25. The number of rotatable bonds is 4. The van der Waals surface area contributed by atoms with Gasteiger partial charge in [0.15, 0.2) is 0 Å². The van der Waals surface area contributed by atoms with Crippen LogP contribution >= 0.6 is 0 Å². The molecule has 51 heavy (non-hydrogen) atoms. The maximum atomic E-state index is 6.23. The number of aromatic nitrogens is 2. The van der Waals surface area contributed by atoms with E-state index in [2.05, 4.69) is 167 Å². The van der Waals surface area contributed by atoms with E-state index in [9.17, 15) is 0 Å². The molecule has 3 heteroatoms. The quantitative estimate of drug-likeness (QED) is 0.186. The van der Waals surface area contributed by atoms with Crippen molar-refractivity contribution in [3.05, 3.63) is 170 Å². The van der Waals surface area contributed by atoms with E-state index in [0.29, 0.717) is 0 Å². The summed E-state index contributed by atoms with van der Waals surface area (Å²) >= 11 is 0. The zero-order valence-corrected chi connectivity index (χ0v) is 27.9. The minimum absolute atomic E-state index is 0.903. The van der Waals surface area contributed by atoms with E-state index >= 15 is 0 Å². The van der Waals surface area contributed by atoms with E-state index in [1.807, 2.05) is 12.1 Å². The van der Waals surface area contributed by atoms with Crippen molar-refractivity contribution in [3.8, 4) is 27.9 Å². The van der Waals surface area contributed by atoms with E-state index in [-0.39, 0.29) is 0 Å². The molecule has 0 unspecified atom stereocenters. The summed E-state index contributed by atoms with van der Waals surface area (Å²) in [4.78, 5) is 0. The number of nitrogens with zero attached hydrogens (tertiary/aromatic N) is 2. The lowest BCUT2D eigenvalue weighted by molar-refractivity contribution is 0.669. The number of para-hydroxylation sites is 3. The Kier molecular flexibility index (Phi) is 6.08. The number of allylic oxidation sites excluding steroid dienone is 4. The van der Waals surface area contributed by atoms with Gasteiger partial charge in [-0.25, -0.2) is 0 Å². The molecule has 0 atom stereocenters. The van der Waals surface area contributed by atoms with Gasteiger partial charge in [0.05, 0.1) is 22.1 Å². The van der Waals surface area contributed by atoms with Crippen molar-refractivity contribution in [1.82, 2.24) is 9.13 Å². The van der Waals surface area contributed by atoms with Gasteiger partial charge in [-0.1, -0.05) is 103 Å². The Balaban J connectivity index is 1.21. The van der Waals surface area contributed by atoms with Crippen LogP contribution in [0.2, 0.25) is 0 Å². The zero-order valence-electron chi connectivity index (χ0n) is 27.9. The van der Waals surface area contributed by atoms with Gasteiger partial charge in [0, 0.05) is 43.7 Å². The molecule has 11 rings (SSSR count). The number of hydrogen-bond acceptors (Lipinski definition) is 1. The highest BCUT2D eigenvalue weighted by Crippen LogP contribution is 2.43. The van der Waals surface area contributed by atoms with Crippen LogP contribution in [0.3, 0.4) is 0 Å². The second-order valence-corrected chi connectivity index (χ2v) is 13.6. The molecule has 0 fully saturated rings. The molecule has 0 radical (unpaired) electrons. The lowest BCUT2D eigenvalue weighted by atomic mass is 9.92. The van der Waals surface area contributed by atoms with Gasteiger partial charge in [-0.3, -0.25) is 0 Å². The predicted octanol–water partition coefficient (Wildman–Crippen LogP) is 13.3. The number of benzene rings is 7. The SMILES string of the molecule is C1=CC(n2c3ccccc3c3cc(-c4cc5c(cc4-c4ccccc4)c4ccccc4n5-c4ccc5oc6ccccc6c5c4)ccc32)=CCC1. The van der Waals surface area contributed by atoms with Gasteiger partial charge < -0.3 is 13.6 Å². The third-order valence-corrected chi connectivity index (χ3v) is 10.7. The van der Waals surface area contributed by atoms with E-state index in [0.717, 1.165) is 40.5 Å². The molecule has 0 amide bonds. The molecule has 1 aliphatic carbocycles. The van der Waals surface area contributed by atoms with Crippen LogP contribution in [0.1, 0.15) is 12.8 Å². The smallest absolute Gasteiger partial charge is 0.135 e. The summed E-state index contributed by atoms with van der Waals surface area (Å²) in [7, 11) is 0. The van der Waals surface area contributed by atoms with Crippen LogP contribution in [0.15, 0.2) is 174 Å². The molecule has 0 saturated carbocycles. The molecular formula is C48H32N2O. The van der Waals surface area contributed by atoms with Gasteiger partial charge >= 0.3 is 0 Å². The van der Waals surface area contributed by atoms with Crippen LogP contribution in [0, 0.1) is 0 Å². The van der Waals surface area contributed by atoms with E-state index < -0.39 is 0 Å². The van der Waals surface area contributed by atoms with Crippen molar-refractivity contribution in [1.29, 1.82) is 0 Å². The van der Waals surface area contributed by atoms with Gasteiger partial charge in [0.2, 0.25) is 0 Å². The Morgan fingerprint density at radius 3 is 1.88 bits per heavy atom. The standard InChI is InChI=1S/C48H32N2O/c1-3-13-31(14-4-1)38-29-41-36-18-8-11-21-44(36)50(34-24-26-48-42(28-34)37-19-9-12-22-47(37)51-48)46(41)30-39(38)32-23-25-45-40(27-32)35-17-7-10-20-43(35)49(45)33-15-5-2-6-16-33/h1,3-5,7-30H,2,6H2. The fraction of sp³-hybridized carbons (Fsp3) is 0.0417. The first kappa shape index (κ1) is 28.3. The Hall–Kier alpha value is -6.58. The molecule has 0 aliphatic heterocycles. The van der Waals surface area contributed by atoms with Gasteiger partial charge in [-0.15, -0.1) is 0 Å². The monoisotopic (exact) mass is 652 g/mol. The maximum absolute atomic E-state index is 6.23. The molecule has 1 aliphatic rings. The first-order valence-corrected chi connectivity index (χ1v) is 17.8. The van der Waals surface area contributed by atoms with Crippen LogP contribution in [-0.4, -0.2) is 9.13 Å². The summed E-state index contributed by atoms with van der Waals surface area (Å²) in [5.41, 5.74) is 13.9. The van der Waals surface area contributed by atoms with E-state index in [1.165, 1.54) is 71.6 Å². The minimum atomic E-state index is 0.903. The molecular weight excluding hydrogens is 621 g/mol. The van der Waals surface area contributed by atoms with Crippen LogP contribution in [0.25, 0.3) is 99.2 Å². The Morgan fingerprint density at radius 2 is 1.08 bits per heavy atom. The highest BCUT2D eigenvalue weighted by Gasteiger charge is 2.20. The topological polar surface area (TPSA) is 23.0 Å². The predicted molar refractivity (Wildman–Crippen MR) is 215 cm³/mol. The summed E-state index contributed by atoms with van der Waals surface area (Å²) in [5, 5.41) is 7.26. The molecule has 3 heterocycles.